The number of piperidine rings is 1. The maximum atomic E-state index is 13.6. The molecule has 8 nitrogen and oxygen atoms in total. The fourth-order valence-corrected chi connectivity index (χ4v) is 5.97. The zero-order valence-electron chi connectivity index (χ0n) is 25.3. The smallest absolute Gasteiger partial charge is 0.254 e. The normalized spacial score (nSPS) is 15.6. The number of imidazole rings is 1. The Labute approximate surface area is 256 Å². The number of hydrogen-bond acceptors (Lipinski definition) is 4. The summed E-state index contributed by atoms with van der Waals surface area (Å²) in [6.07, 6.45) is 6.96. The zero-order valence-corrected chi connectivity index (χ0v) is 25.3. The van der Waals surface area contributed by atoms with Crippen LogP contribution in [0.25, 0.3) is 27.9 Å². The van der Waals surface area contributed by atoms with Gasteiger partial charge in [-0.3, -0.25) is 9.59 Å². The molecule has 2 aromatic carbocycles. The number of carbonyl (C=O) groups is 2. The first-order valence-electron chi connectivity index (χ1n) is 15.0. The van der Waals surface area contributed by atoms with E-state index in [0.717, 1.165) is 46.4 Å². The van der Waals surface area contributed by atoms with Gasteiger partial charge in [0.15, 0.2) is 0 Å². The molecule has 226 valence electrons. The van der Waals surface area contributed by atoms with Crippen LogP contribution in [-0.4, -0.2) is 75.3 Å². The zero-order chi connectivity index (χ0) is 30.8. The van der Waals surface area contributed by atoms with E-state index in [2.05, 4.69) is 28.1 Å². The van der Waals surface area contributed by atoms with Crippen molar-refractivity contribution in [2.24, 2.45) is 0 Å². The van der Waals surface area contributed by atoms with Crippen LogP contribution in [-0.2, 0) is 11.3 Å². The number of pyridine rings is 1. The molecule has 0 radical (unpaired) electrons. The Morgan fingerprint density at radius 2 is 1.89 bits per heavy atom. The summed E-state index contributed by atoms with van der Waals surface area (Å²) in [6, 6.07) is 20.5. The molecular formula is C35H37FN6O2. The summed E-state index contributed by atoms with van der Waals surface area (Å²) in [7, 11) is 3.90. The van der Waals surface area contributed by atoms with Crippen molar-refractivity contribution < 1.29 is 14.0 Å². The number of amides is 2. The van der Waals surface area contributed by atoms with Gasteiger partial charge in [-0.05, 0) is 75.8 Å². The van der Waals surface area contributed by atoms with Crippen LogP contribution < -0.4 is 5.32 Å². The van der Waals surface area contributed by atoms with E-state index in [1.54, 1.807) is 18.2 Å². The molecule has 3 aromatic heterocycles. The van der Waals surface area contributed by atoms with Gasteiger partial charge >= 0.3 is 0 Å². The summed E-state index contributed by atoms with van der Waals surface area (Å²) in [6.45, 7) is 4.41. The van der Waals surface area contributed by atoms with Crippen LogP contribution in [0.1, 0.15) is 34.5 Å². The van der Waals surface area contributed by atoms with Crippen molar-refractivity contribution in [1.82, 2.24) is 29.1 Å². The minimum absolute atomic E-state index is 0.0674. The van der Waals surface area contributed by atoms with Crippen molar-refractivity contribution in [3.8, 4) is 11.4 Å². The molecule has 0 unspecified atom stereocenters. The van der Waals surface area contributed by atoms with Crippen LogP contribution >= 0.6 is 0 Å². The monoisotopic (exact) mass is 592 g/mol. The molecule has 9 heteroatoms. The number of para-hydroxylation sites is 1. The number of benzene rings is 2. The highest BCUT2D eigenvalue weighted by Gasteiger charge is 2.26. The molecule has 1 atom stereocenters. The number of carbonyl (C=O) groups excluding carboxylic acids is 2. The van der Waals surface area contributed by atoms with Crippen molar-refractivity contribution in [2.75, 3.05) is 33.7 Å². The van der Waals surface area contributed by atoms with Crippen LogP contribution in [0.5, 0.6) is 0 Å². The summed E-state index contributed by atoms with van der Waals surface area (Å²) in [5, 5.41) is 4.14. The highest BCUT2D eigenvalue weighted by Crippen LogP contribution is 2.31. The van der Waals surface area contributed by atoms with Gasteiger partial charge in [0.25, 0.3) is 5.91 Å². The number of hydrogen-bond donors (Lipinski definition) is 1. The van der Waals surface area contributed by atoms with E-state index in [0.29, 0.717) is 37.4 Å². The number of nitrogens with one attached hydrogen (secondary N) is 1. The van der Waals surface area contributed by atoms with Gasteiger partial charge in [-0.15, -0.1) is 0 Å². The van der Waals surface area contributed by atoms with Gasteiger partial charge in [0.2, 0.25) is 5.91 Å². The summed E-state index contributed by atoms with van der Waals surface area (Å²) in [5.41, 5.74) is 6.07. The van der Waals surface area contributed by atoms with E-state index in [1.165, 1.54) is 12.1 Å². The number of aromatic nitrogens is 3. The number of likely N-dealkylation sites (N-methyl/N-ethyl adjacent to an activating group) is 1. The summed E-state index contributed by atoms with van der Waals surface area (Å²) < 4.78 is 17.8. The number of nitrogens with zero attached hydrogens (tertiary/aromatic N) is 5. The lowest BCUT2D eigenvalue weighted by Gasteiger charge is -2.33. The third-order valence-corrected chi connectivity index (χ3v) is 8.21. The molecule has 4 heterocycles. The average Bonchev–Trinajstić information content (AvgIpc) is 3.54. The highest BCUT2D eigenvalue weighted by molar-refractivity contribution is 5.95. The fourth-order valence-electron chi connectivity index (χ4n) is 5.97. The Morgan fingerprint density at radius 3 is 2.68 bits per heavy atom. The second kappa shape index (κ2) is 12.5. The molecular weight excluding hydrogens is 555 g/mol. The summed E-state index contributed by atoms with van der Waals surface area (Å²) in [5.74, 6) is -0.461. The first-order chi connectivity index (χ1) is 21.3. The average molecular weight is 593 g/mol. The summed E-state index contributed by atoms with van der Waals surface area (Å²) in [4.78, 5) is 34.8. The Balaban J connectivity index is 1.25. The van der Waals surface area contributed by atoms with Crippen molar-refractivity contribution >= 4 is 28.4 Å². The third-order valence-electron chi connectivity index (χ3n) is 8.21. The largest absolute Gasteiger partial charge is 0.348 e. The number of likely N-dealkylation sites (tertiary alicyclic amines) is 1. The van der Waals surface area contributed by atoms with Crippen LogP contribution in [0.4, 0.5) is 4.39 Å². The minimum Gasteiger partial charge on any atom is -0.348 e. The van der Waals surface area contributed by atoms with Gasteiger partial charge in [-0.2, -0.15) is 0 Å². The van der Waals surface area contributed by atoms with Crippen molar-refractivity contribution in [2.45, 2.75) is 32.4 Å². The number of aryl methyl sites for hydroxylation is 1. The molecule has 5 aromatic rings. The number of rotatable bonds is 8. The molecule has 1 aliphatic rings. The molecule has 44 heavy (non-hydrogen) atoms. The molecule has 2 amide bonds. The van der Waals surface area contributed by atoms with E-state index in [9.17, 15) is 14.0 Å². The van der Waals surface area contributed by atoms with E-state index >= 15 is 0 Å². The Hall–Kier alpha value is -4.76. The maximum Gasteiger partial charge on any atom is 0.254 e. The predicted molar refractivity (Wildman–Crippen MR) is 171 cm³/mol. The topological polar surface area (TPSA) is 74.9 Å². The van der Waals surface area contributed by atoms with Crippen molar-refractivity contribution in [1.29, 1.82) is 0 Å². The predicted octanol–water partition coefficient (Wildman–Crippen LogP) is 5.29. The molecule has 0 aliphatic carbocycles. The van der Waals surface area contributed by atoms with Gasteiger partial charge in [0, 0.05) is 66.7 Å². The third kappa shape index (κ3) is 6.14. The number of halogens is 1. The maximum absolute atomic E-state index is 13.6. The van der Waals surface area contributed by atoms with E-state index < -0.39 is 0 Å². The Kier molecular flexibility index (Phi) is 8.30. The molecule has 1 aliphatic heterocycles. The lowest BCUT2D eigenvalue weighted by atomic mass is 10.0. The molecule has 1 saturated heterocycles. The van der Waals surface area contributed by atoms with Gasteiger partial charge in [0.05, 0.1) is 5.69 Å². The summed E-state index contributed by atoms with van der Waals surface area (Å²) >= 11 is 0. The van der Waals surface area contributed by atoms with E-state index in [-0.39, 0.29) is 23.7 Å². The molecule has 0 saturated carbocycles. The van der Waals surface area contributed by atoms with E-state index in [4.69, 9.17) is 4.98 Å². The quantitative estimate of drug-likeness (QED) is 0.249. The second-order valence-electron chi connectivity index (χ2n) is 11.8. The first kappa shape index (κ1) is 29.3. The van der Waals surface area contributed by atoms with Crippen LogP contribution in [0.2, 0.25) is 0 Å². The van der Waals surface area contributed by atoms with Crippen molar-refractivity contribution in [3.05, 3.63) is 108 Å². The molecule has 6 rings (SSSR count). The van der Waals surface area contributed by atoms with Crippen LogP contribution in [0.3, 0.4) is 0 Å². The van der Waals surface area contributed by atoms with Gasteiger partial charge in [0.1, 0.15) is 17.2 Å². The van der Waals surface area contributed by atoms with Crippen LogP contribution in [0, 0.1) is 12.7 Å². The Morgan fingerprint density at radius 1 is 1.09 bits per heavy atom. The van der Waals surface area contributed by atoms with Crippen LogP contribution in [0.15, 0.2) is 85.1 Å². The van der Waals surface area contributed by atoms with Crippen molar-refractivity contribution in [3.63, 3.8) is 0 Å². The molecule has 0 spiro atoms. The van der Waals surface area contributed by atoms with E-state index in [1.807, 2.05) is 71.8 Å². The standard InChI is InChI=1S/C35H37FN6O2/c1-24-34(31-20-26-8-4-5-10-30(26)42(31)22-25-12-14-28(36)15-13-25)38-32-21-27(16-19-41(24)32)35(44)40-18-6-9-29(23-40)37-33(43)11-7-17-39(2)3/h4-5,7-8,10-16,19-21,29H,6,9,17-18,22-23H2,1-3H3,(H,37,43)/b11-7+/t29-/m1/s1. The second-order valence-corrected chi connectivity index (χ2v) is 11.8. The Bertz CT molecular complexity index is 1850. The van der Waals surface area contributed by atoms with Gasteiger partial charge in [-0.1, -0.05) is 36.4 Å². The SMILES string of the molecule is Cc1c(-c2cc3ccccc3n2Cc2ccc(F)cc2)nc2cc(C(=O)N3CCC[C@@H](NC(=O)/C=C/CN(C)C)C3)ccn12. The van der Waals surface area contributed by atoms with Gasteiger partial charge < -0.3 is 24.1 Å². The minimum atomic E-state index is -0.259. The molecule has 1 fully saturated rings. The van der Waals surface area contributed by atoms with Gasteiger partial charge in [-0.25, -0.2) is 9.37 Å². The first-order valence-corrected chi connectivity index (χ1v) is 15.0. The highest BCUT2D eigenvalue weighted by atomic mass is 19.1. The molecule has 0 bridgehead atoms. The lowest BCUT2D eigenvalue weighted by molar-refractivity contribution is -0.117. The molecule has 1 N–H and O–H groups in total. The fraction of sp³-hybridized carbons (Fsp3) is 0.286. The lowest BCUT2D eigenvalue weighted by Crippen LogP contribution is -2.49. The number of fused-ring (bicyclic) bond motifs is 2.